The van der Waals surface area contributed by atoms with Crippen LogP contribution in [-0.2, 0) is 11.2 Å². The number of aliphatic hydroxyl groups is 1. The van der Waals surface area contributed by atoms with E-state index >= 15 is 0 Å². The van der Waals surface area contributed by atoms with Gasteiger partial charge >= 0.3 is 0 Å². The number of halogens is 1. The monoisotopic (exact) mass is 226 g/mol. The molecule has 2 nitrogen and oxygen atoms in total. The largest absolute Gasteiger partial charge is 0.396 e. The van der Waals surface area contributed by atoms with Gasteiger partial charge in [-0.1, -0.05) is 19.1 Å². The van der Waals surface area contributed by atoms with Crippen molar-refractivity contribution in [1.29, 1.82) is 0 Å². The molecule has 0 heterocycles. The van der Waals surface area contributed by atoms with Crippen molar-refractivity contribution < 1.29 is 14.2 Å². The summed E-state index contributed by atoms with van der Waals surface area (Å²) in [6.45, 7) is 2.74. The van der Waals surface area contributed by atoms with Gasteiger partial charge in [-0.05, 0) is 36.0 Å². The van der Waals surface area contributed by atoms with Crippen LogP contribution in [0.1, 0.15) is 12.5 Å². The maximum Gasteiger partial charge on any atom is 0.123 e. The van der Waals surface area contributed by atoms with Gasteiger partial charge in [0.2, 0.25) is 0 Å². The molecule has 2 unspecified atom stereocenters. The number of hydrogen-bond donors (Lipinski definition) is 1. The molecule has 3 heteroatoms. The Morgan fingerprint density at radius 3 is 2.75 bits per heavy atom. The molecular weight excluding hydrogens is 207 g/mol. The second-order valence-electron chi connectivity index (χ2n) is 4.21. The highest BCUT2D eigenvalue weighted by molar-refractivity contribution is 5.17. The normalized spacial score (nSPS) is 14.8. The zero-order valence-corrected chi connectivity index (χ0v) is 9.82. The minimum Gasteiger partial charge on any atom is -0.396 e. The van der Waals surface area contributed by atoms with Crippen LogP contribution in [0.4, 0.5) is 4.39 Å². The number of methoxy groups -OCH3 is 1. The van der Waals surface area contributed by atoms with Gasteiger partial charge in [-0.25, -0.2) is 4.39 Å². The third-order valence-corrected chi connectivity index (χ3v) is 2.86. The predicted octanol–water partition coefficient (Wildman–Crippen LogP) is 2.26. The van der Waals surface area contributed by atoms with Gasteiger partial charge in [-0.2, -0.15) is 0 Å². The Labute approximate surface area is 96.1 Å². The van der Waals surface area contributed by atoms with Crippen LogP contribution in [-0.4, -0.2) is 25.4 Å². The Kier molecular flexibility index (Phi) is 5.43. The van der Waals surface area contributed by atoms with E-state index in [0.29, 0.717) is 13.0 Å². The van der Waals surface area contributed by atoms with Gasteiger partial charge in [0.15, 0.2) is 0 Å². The summed E-state index contributed by atoms with van der Waals surface area (Å²) in [5.41, 5.74) is 0.919. The Bertz CT molecular complexity index is 315. The molecule has 0 fully saturated rings. The quantitative estimate of drug-likeness (QED) is 0.806. The lowest BCUT2D eigenvalue weighted by atomic mass is 9.89. The zero-order chi connectivity index (χ0) is 12.0. The van der Waals surface area contributed by atoms with E-state index < -0.39 is 0 Å². The number of ether oxygens (including phenoxy) is 1. The number of benzene rings is 1. The predicted molar refractivity (Wildman–Crippen MR) is 61.7 cm³/mol. The van der Waals surface area contributed by atoms with E-state index in [1.807, 2.05) is 13.0 Å². The lowest BCUT2D eigenvalue weighted by molar-refractivity contribution is 0.0983. The second-order valence-corrected chi connectivity index (χ2v) is 4.21. The molecule has 16 heavy (non-hydrogen) atoms. The van der Waals surface area contributed by atoms with Crippen molar-refractivity contribution in [2.45, 2.75) is 13.3 Å². The van der Waals surface area contributed by atoms with Crippen molar-refractivity contribution in [3.05, 3.63) is 35.6 Å². The molecule has 2 atom stereocenters. The van der Waals surface area contributed by atoms with Gasteiger partial charge < -0.3 is 9.84 Å². The molecular formula is C13H19FO2. The molecule has 0 aliphatic heterocycles. The molecule has 1 N–H and O–H groups in total. The van der Waals surface area contributed by atoms with Crippen LogP contribution in [0.3, 0.4) is 0 Å². The van der Waals surface area contributed by atoms with Gasteiger partial charge in [-0.3, -0.25) is 0 Å². The topological polar surface area (TPSA) is 29.5 Å². The van der Waals surface area contributed by atoms with E-state index in [9.17, 15) is 9.50 Å². The van der Waals surface area contributed by atoms with Crippen LogP contribution in [0.15, 0.2) is 24.3 Å². The number of rotatable bonds is 6. The molecule has 0 saturated heterocycles. The van der Waals surface area contributed by atoms with Crippen LogP contribution < -0.4 is 0 Å². The Morgan fingerprint density at radius 2 is 2.19 bits per heavy atom. The van der Waals surface area contributed by atoms with Crippen LogP contribution in [0.2, 0.25) is 0 Å². The van der Waals surface area contributed by atoms with Crippen LogP contribution in [0.25, 0.3) is 0 Å². The summed E-state index contributed by atoms with van der Waals surface area (Å²) in [5.74, 6) is 0.147. The highest BCUT2D eigenvalue weighted by Gasteiger charge is 2.17. The molecule has 0 amide bonds. The SMILES string of the molecule is COCC(C)C(CO)Cc1cccc(F)c1. The third-order valence-electron chi connectivity index (χ3n) is 2.86. The van der Waals surface area contributed by atoms with E-state index in [-0.39, 0.29) is 24.3 Å². The van der Waals surface area contributed by atoms with Crippen molar-refractivity contribution >= 4 is 0 Å². The molecule has 0 saturated carbocycles. The summed E-state index contributed by atoms with van der Waals surface area (Å²) in [5, 5.41) is 9.30. The summed E-state index contributed by atoms with van der Waals surface area (Å²) in [7, 11) is 1.65. The molecule has 90 valence electrons. The van der Waals surface area contributed by atoms with E-state index in [0.717, 1.165) is 5.56 Å². The molecule has 1 aromatic carbocycles. The molecule has 1 rings (SSSR count). The minimum absolute atomic E-state index is 0.0983. The molecule has 0 aliphatic rings. The molecule has 1 aromatic rings. The van der Waals surface area contributed by atoms with Crippen molar-refractivity contribution in [3.63, 3.8) is 0 Å². The van der Waals surface area contributed by atoms with E-state index in [2.05, 4.69) is 0 Å². The standard InChI is InChI=1S/C13H19FO2/c1-10(9-16-2)12(8-15)6-11-4-3-5-13(14)7-11/h3-5,7,10,12,15H,6,8-9H2,1-2H3. The zero-order valence-electron chi connectivity index (χ0n) is 9.82. The van der Waals surface area contributed by atoms with Crippen LogP contribution in [0, 0.1) is 17.7 Å². The van der Waals surface area contributed by atoms with E-state index in [1.54, 1.807) is 13.2 Å². The molecule has 0 radical (unpaired) electrons. The fourth-order valence-electron chi connectivity index (χ4n) is 1.81. The first-order valence-electron chi connectivity index (χ1n) is 5.51. The number of aliphatic hydroxyl groups excluding tert-OH is 1. The van der Waals surface area contributed by atoms with Crippen molar-refractivity contribution in [1.82, 2.24) is 0 Å². The van der Waals surface area contributed by atoms with E-state index in [4.69, 9.17) is 4.74 Å². The Morgan fingerprint density at radius 1 is 1.44 bits per heavy atom. The second kappa shape index (κ2) is 6.61. The van der Waals surface area contributed by atoms with Gasteiger partial charge in [0.05, 0.1) is 0 Å². The summed E-state index contributed by atoms with van der Waals surface area (Å²) in [6, 6.07) is 6.52. The van der Waals surface area contributed by atoms with Crippen LogP contribution >= 0.6 is 0 Å². The highest BCUT2D eigenvalue weighted by Crippen LogP contribution is 2.18. The molecule has 0 aliphatic carbocycles. The third kappa shape index (κ3) is 3.91. The molecule has 0 spiro atoms. The maximum absolute atomic E-state index is 13.0. The first kappa shape index (κ1) is 13.1. The van der Waals surface area contributed by atoms with Gasteiger partial charge in [0.1, 0.15) is 5.82 Å². The van der Waals surface area contributed by atoms with Crippen LogP contribution in [0.5, 0.6) is 0 Å². The summed E-state index contributed by atoms with van der Waals surface area (Å²) < 4.78 is 18.0. The molecule has 0 bridgehead atoms. The molecule has 0 aromatic heterocycles. The summed E-state index contributed by atoms with van der Waals surface area (Å²) in [4.78, 5) is 0. The fraction of sp³-hybridized carbons (Fsp3) is 0.538. The summed E-state index contributed by atoms with van der Waals surface area (Å²) >= 11 is 0. The van der Waals surface area contributed by atoms with Gasteiger partial charge in [0, 0.05) is 20.3 Å². The Balaban J connectivity index is 2.62. The van der Waals surface area contributed by atoms with Crippen molar-refractivity contribution in [3.8, 4) is 0 Å². The van der Waals surface area contributed by atoms with Crippen molar-refractivity contribution in [2.75, 3.05) is 20.3 Å². The highest BCUT2D eigenvalue weighted by atomic mass is 19.1. The smallest absolute Gasteiger partial charge is 0.123 e. The van der Waals surface area contributed by atoms with Crippen molar-refractivity contribution in [2.24, 2.45) is 11.8 Å². The first-order chi connectivity index (χ1) is 7.67. The fourth-order valence-corrected chi connectivity index (χ4v) is 1.81. The summed E-state index contributed by atoms with van der Waals surface area (Å²) in [6.07, 6.45) is 0.679. The average Bonchev–Trinajstić information content (AvgIpc) is 2.26. The minimum atomic E-state index is -0.228. The van der Waals surface area contributed by atoms with E-state index in [1.165, 1.54) is 12.1 Å². The first-order valence-corrected chi connectivity index (χ1v) is 5.51. The Hall–Kier alpha value is -0.930. The number of hydrogen-bond acceptors (Lipinski definition) is 2. The average molecular weight is 226 g/mol. The van der Waals surface area contributed by atoms with Gasteiger partial charge in [0.25, 0.3) is 0 Å². The van der Waals surface area contributed by atoms with Gasteiger partial charge in [-0.15, -0.1) is 0 Å². The maximum atomic E-state index is 13.0. The lowest BCUT2D eigenvalue weighted by Crippen LogP contribution is -2.22. The lowest BCUT2D eigenvalue weighted by Gasteiger charge is -2.21.